The minimum atomic E-state index is -4.21. The first-order chi connectivity index (χ1) is 7.85. The standard InChI is InChI=1S/C10H10F3N3S/c1-6-7(4-16(2)15-6)8-5-17-9(14-8)3-10(11,12)13/h4-5H,3H2,1-2H3. The van der Waals surface area contributed by atoms with Crippen molar-refractivity contribution in [2.45, 2.75) is 19.5 Å². The molecule has 0 radical (unpaired) electrons. The lowest BCUT2D eigenvalue weighted by Gasteiger charge is -2.01. The molecule has 2 heterocycles. The third-order valence-corrected chi connectivity index (χ3v) is 3.04. The molecule has 0 bridgehead atoms. The number of rotatable bonds is 2. The quantitative estimate of drug-likeness (QED) is 0.832. The largest absolute Gasteiger partial charge is 0.395 e. The van der Waals surface area contributed by atoms with Crippen LogP contribution >= 0.6 is 11.3 Å². The predicted octanol–water partition coefficient (Wildman–Crippen LogP) is 2.96. The van der Waals surface area contributed by atoms with Gasteiger partial charge in [0.15, 0.2) is 0 Å². The van der Waals surface area contributed by atoms with Crippen LogP contribution in [0.4, 0.5) is 13.2 Å². The molecular formula is C10H10F3N3S. The van der Waals surface area contributed by atoms with E-state index in [0.717, 1.165) is 22.6 Å². The van der Waals surface area contributed by atoms with E-state index in [2.05, 4.69) is 10.1 Å². The van der Waals surface area contributed by atoms with Gasteiger partial charge in [0.25, 0.3) is 0 Å². The first-order valence-corrected chi connectivity index (χ1v) is 5.75. The van der Waals surface area contributed by atoms with Gasteiger partial charge in [0.1, 0.15) is 5.01 Å². The average Bonchev–Trinajstić information content (AvgIpc) is 2.70. The Morgan fingerprint density at radius 1 is 1.41 bits per heavy atom. The minimum absolute atomic E-state index is 0.0794. The van der Waals surface area contributed by atoms with Crippen molar-refractivity contribution >= 4 is 11.3 Å². The normalized spacial score (nSPS) is 12.1. The van der Waals surface area contributed by atoms with Gasteiger partial charge in [0.2, 0.25) is 0 Å². The van der Waals surface area contributed by atoms with Crippen molar-refractivity contribution in [1.29, 1.82) is 0 Å². The summed E-state index contributed by atoms with van der Waals surface area (Å²) in [5.41, 5.74) is 2.09. The number of alkyl halides is 3. The SMILES string of the molecule is Cc1nn(C)cc1-c1csc(CC(F)(F)F)n1. The van der Waals surface area contributed by atoms with Crippen LogP contribution in [0.25, 0.3) is 11.3 Å². The van der Waals surface area contributed by atoms with Crippen LogP contribution in [-0.2, 0) is 13.5 Å². The minimum Gasteiger partial charge on any atom is -0.275 e. The molecule has 2 rings (SSSR count). The van der Waals surface area contributed by atoms with E-state index >= 15 is 0 Å². The number of hydrogen-bond acceptors (Lipinski definition) is 3. The molecule has 7 heteroatoms. The Balaban J connectivity index is 2.27. The van der Waals surface area contributed by atoms with Crippen molar-refractivity contribution in [3.8, 4) is 11.3 Å². The summed E-state index contributed by atoms with van der Waals surface area (Å²) in [5.74, 6) is 0. The van der Waals surface area contributed by atoms with Crippen LogP contribution in [0, 0.1) is 6.92 Å². The number of nitrogens with zero attached hydrogens (tertiary/aromatic N) is 3. The molecule has 0 spiro atoms. The number of hydrogen-bond donors (Lipinski definition) is 0. The zero-order valence-electron chi connectivity index (χ0n) is 9.25. The van der Waals surface area contributed by atoms with E-state index < -0.39 is 12.6 Å². The third kappa shape index (κ3) is 2.85. The molecule has 92 valence electrons. The summed E-state index contributed by atoms with van der Waals surface area (Å²) < 4.78 is 38.2. The number of thiazole rings is 1. The molecule has 2 aromatic rings. The fourth-order valence-corrected chi connectivity index (χ4v) is 2.36. The molecule has 0 saturated heterocycles. The summed E-state index contributed by atoms with van der Waals surface area (Å²) in [4.78, 5) is 3.99. The molecule has 0 amide bonds. The molecule has 0 unspecified atom stereocenters. The van der Waals surface area contributed by atoms with Gasteiger partial charge in [-0.15, -0.1) is 11.3 Å². The maximum absolute atomic E-state index is 12.2. The monoisotopic (exact) mass is 261 g/mol. The number of aromatic nitrogens is 3. The Hall–Kier alpha value is -1.37. The van der Waals surface area contributed by atoms with Crippen molar-refractivity contribution < 1.29 is 13.2 Å². The molecule has 0 aliphatic carbocycles. The Bertz CT molecular complexity index is 527. The van der Waals surface area contributed by atoms with Crippen LogP contribution in [0.5, 0.6) is 0 Å². The van der Waals surface area contributed by atoms with Gasteiger partial charge in [-0.05, 0) is 6.92 Å². The van der Waals surface area contributed by atoms with Crippen molar-refractivity contribution in [2.24, 2.45) is 7.05 Å². The second-order valence-corrected chi connectivity index (χ2v) is 4.66. The molecular weight excluding hydrogens is 251 g/mol. The summed E-state index contributed by atoms with van der Waals surface area (Å²) >= 11 is 1.02. The van der Waals surface area contributed by atoms with Gasteiger partial charge in [-0.25, -0.2) is 4.98 Å². The van der Waals surface area contributed by atoms with Crippen LogP contribution in [0.2, 0.25) is 0 Å². The second kappa shape index (κ2) is 4.14. The second-order valence-electron chi connectivity index (χ2n) is 3.72. The summed E-state index contributed by atoms with van der Waals surface area (Å²) in [7, 11) is 1.76. The van der Waals surface area contributed by atoms with Crippen LogP contribution in [0.15, 0.2) is 11.6 Å². The highest BCUT2D eigenvalue weighted by molar-refractivity contribution is 7.09. The van der Waals surface area contributed by atoms with E-state index in [-0.39, 0.29) is 5.01 Å². The van der Waals surface area contributed by atoms with E-state index in [1.165, 1.54) is 0 Å². The highest BCUT2D eigenvalue weighted by atomic mass is 32.1. The first-order valence-electron chi connectivity index (χ1n) is 4.87. The van der Waals surface area contributed by atoms with E-state index in [1.54, 1.807) is 30.2 Å². The van der Waals surface area contributed by atoms with Gasteiger partial charge in [0.05, 0.1) is 17.8 Å². The van der Waals surface area contributed by atoms with Crippen molar-refractivity contribution in [2.75, 3.05) is 0 Å². The van der Waals surface area contributed by atoms with Gasteiger partial charge in [0, 0.05) is 24.2 Å². The van der Waals surface area contributed by atoms with E-state index in [1.807, 2.05) is 0 Å². The highest BCUT2D eigenvalue weighted by Gasteiger charge is 2.29. The van der Waals surface area contributed by atoms with Gasteiger partial charge in [-0.2, -0.15) is 18.3 Å². The molecule has 0 aliphatic rings. The highest BCUT2D eigenvalue weighted by Crippen LogP contribution is 2.28. The fourth-order valence-electron chi connectivity index (χ4n) is 1.54. The summed E-state index contributed by atoms with van der Waals surface area (Å²) in [6.45, 7) is 1.80. The smallest absolute Gasteiger partial charge is 0.275 e. The Morgan fingerprint density at radius 3 is 2.65 bits per heavy atom. The Labute approximate surface area is 99.9 Å². The molecule has 3 nitrogen and oxygen atoms in total. The zero-order valence-corrected chi connectivity index (χ0v) is 10.1. The van der Waals surface area contributed by atoms with Crippen molar-refractivity contribution in [3.63, 3.8) is 0 Å². The maximum atomic E-state index is 12.2. The lowest BCUT2D eigenvalue weighted by Crippen LogP contribution is -2.11. The number of halogens is 3. The van der Waals surface area contributed by atoms with Crippen LogP contribution in [-0.4, -0.2) is 20.9 Å². The van der Waals surface area contributed by atoms with Gasteiger partial charge in [-0.1, -0.05) is 0 Å². The molecule has 0 aliphatic heterocycles. The van der Waals surface area contributed by atoms with Crippen LogP contribution < -0.4 is 0 Å². The zero-order chi connectivity index (χ0) is 12.6. The summed E-state index contributed by atoms with van der Waals surface area (Å²) in [5, 5.41) is 5.84. The van der Waals surface area contributed by atoms with E-state index in [0.29, 0.717) is 5.69 Å². The summed E-state index contributed by atoms with van der Waals surface area (Å²) in [6.07, 6.45) is -3.43. The maximum Gasteiger partial charge on any atom is 0.395 e. The molecule has 0 fully saturated rings. The van der Waals surface area contributed by atoms with Crippen LogP contribution in [0.3, 0.4) is 0 Å². The topological polar surface area (TPSA) is 30.7 Å². The molecule has 0 saturated carbocycles. The van der Waals surface area contributed by atoms with Gasteiger partial charge >= 0.3 is 6.18 Å². The average molecular weight is 261 g/mol. The van der Waals surface area contributed by atoms with Crippen molar-refractivity contribution in [3.05, 3.63) is 22.3 Å². The first kappa shape index (κ1) is 12.1. The molecule has 17 heavy (non-hydrogen) atoms. The third-order valence-electron chi connectivity index (χ3n) is 2.19. The Kier molecular flexibility index (Phi) is 2.94. The summed E-state index contributed by atoms with van der Waals surface area (Å²) in [6, 6.07) is 0. The fraction of sp³-hybridized carbons (Fsp3) is 0.400. The predicted molar refractivity (Wildman–Crippen MR) is 58.8 cm³/mol. The van der Waals surface area contributed by atoms with Crippen molar-refractivity contribution in [1.82, 2.24) is 14.8 Å². The lowest BCUT2D eigenvalue weighted by molar-refractivity contribution is -0.127. The molecule has 0 aromatic carbocycles. The van der Waals surface area contributed by atoms with E-state index in [4.69, 9.17) is 0 Å². The lowest BCUT2D eigenvalue weighted by atomic mass is 10.2. The van der Waals surface area contributed by atoms with Gasteiger partial charge < -0.3 is 0 Å². The Morgan fingerprint density at radius 2 is 2.12 bits per heavy atom. The van der Waals surface area contributed by atoms with Gasteiger partial charge in [-0.3, -0.25) is 4.68 Å². The molecule has 0 atom stereocenters. The number of aryl methyl sites for hydroxylation is 2. The molecule has 2 aromatic heterocycles. The van der Waals surface area contributed by atoms with Crippen LogP contribution in [0.1, 0.15) is 10.7 Å². The molecule has 0 N–H and O–H groups in total. The van der Waals surface area contributed by atoms with E-state index in [9.17, 15) is 13.2 Å².